The largest absolute Gasteiger partial charge is 0.329 e. The molecule has 2 aromatic carbocycles. The zero-order chi connectivity index (χ0) is 18.8. The summed E-state index contributed by atoms with van der Waals surface area (Å²) in [5.74, 6) is -1.30. The minimum Gasteiger partial charge on any atom is -0.329 e. The summed E-state index contributed by atoms with van der Waals surface area (Å²) in [6.07, 6.45) is 0.916. The van der Waals surface area contributed by atoms with Gasteiger partial charge < -0.3 is 10.6 Å². The maximum atomic E-state index is 12.9. The highest BCUT2D eigenvalue weighted by Gasteiger charge is 2.40. The number of rotatable bonds is 3. The number of nitrogens with one attached hydrogen (secondary N) is 2. The zero-order valence-corrected chi connectivity index (χ0v) is 14.8. The van der Waals surface area contributed by atoms with Crippen molar-refractivity contribution in [3.63, 3.8) is 0 Å². The van der Waals surface area contributed by atoms with Crippen molar-refractivity contribution in [3.05, 3.63) is 77.5 Å². The molecule has 0 bridgehead atoms. The molecule has 0 saturated carbocycles. The van der Waals surface area contributed by atoms with Crippen molar-refractivity contribution in [2.75, 3.05) is 5.32 Å². The number of allylic oxidation sites excluding steroid dienone is 1. The SMILES string of the molecule is O=C1C[C@@H](C(=O)Nc2ccccc2)C2=C(C[C@H](c3ccccc3)CC2=O)N1. The number of Topliss-reactive ketones (excluding diaryl/α,β-unsaturated/α-hetero) is 1. The molecule has 1 aliphatic carbocycles. The van der Waals surface area contributed by atoms with Crippen LogP contribution in [-0.4, -0.2) is 17.6 Å². The lowest BCUT2D eigenvalue weighted by Gasteiger charge is -2.33. The topological polar surface area (TPSA) is 75.3 Å². The first-order valence-electron chi connectivity index (χ1n) is 9.09. The molecule has 4 rings (SSSR count). The summed E-state index contributed by atoms with van der Waals surface area (Å²) < 4.78 is 0. The number of hydrogen-bond acceptors (Lipinski definition) is 3. The highest BCUT2D eigenvalue weighted by Crippen LogP contribution is 2.39. The van der Waals surface area contributed by atoms with Gasteiger partial charge in [-0.3, -0.25) is 14.4 Å². The fourth-order valence-electron chi connectivity index (χ4n) is 3.90. The molecule has 2 N–H and O–H groups in total. The summed E-state index contributed by atoms with van der Waals surface area (Å²) in [4.78, 5) is 37.9. The highest BCUT2D eigenvalue weighted by atomic mass is 16.2. The molecule has 1 aliphatic heterocycles. The Morgan fingerprint density at radius 2 is 1.56 bits per heavy atom. The standard InChI is InChI=1S/C22H20N2O3/c25-19-12-15(14-7-3-1-4-8-14)11-18-21(19)17(13-20(26)24-18)22(27)23-16-9-5-2-6-10-16/h1-10,15,17H,11-13H2,(H,23,27)(H,24,26)/t15-,17+/m0/s1. The molecule has 2 aliphatic rings. The van der Waals surface area contributed by atoms with E-state index in [0.717, 1.165) is 5.56 Å². The third-order valence-electron chi connectivity index (χ3n) is 5.16. The number of para-hydroxylation sites is 1. The van der Waals surface area contributed by atoms with Gasteiger partial charge in [0.25, 0.3) is 0 Å². The van der Waals surface area contributed by atoms with Crippen molar-refractivity contribution in [1.82, 2.24) is 5.32 Å². The van der Waals surface area contributed by atoms with Gasteiger partial charge in [0.15, 0.2) is 5.78 Å². The van der Waals surface area contributed by atoms with E-state index in [4.69, 9.17) is 0 Å². The maximum Gasteiger partial charge on any atom is 0.232 e. The smallest absolute Gasteiger partial charge is 0.232 e. The van der Waals surface area contributed by atoms with Gasteiger partial charge in [-0.15, -0.1) is 0 Å². The van der Waals surface area contributed by atoms with Crippen LogP contribution in [-0.2, 0) is 14.4 Å². The normalized spacial score (nSPS) is 22.1. The van der Waals surface area contributed by atoms with Gasteiger partial charge in [-0.1, -0.05) is 48.5 Å². The van der Waals surface area contributed by atoms with Crippen LogP contribution in [0.3, 0.4) is 0 Å². The summed E-state index contributed by atoms with van der Waals surface area (Å²) in [6.45, 7) is 0. The third kappa shape index (κ3) is 3.53. The first-order chi connectivity index (χ1) is 13.1. The van der Waals surface area contributed by atoms with Gasteiger partial charge in [0.2, 0.25) is 11.8 Å². The number of anilines is 1. The Hall–Kier alpha value is -3.21. The van der Waals surface area contributed by atoms with Crippen molar-refractivity contribution in [1.29, 1.82) is 0 Å². The molecule has 0 unspecified atom stereocenters. The molecule has 5 nitrogen and oxygen atoms in total. The second kappa shape index (κ2) is 7.19. The average molecular weight is 360 g/mol. The Morgan fingerprint density at radius 3 is 2.26 bits per heavy atom. The van der Waals surface area contributed by atoms with E-state index in [1.807, 2.05) is 48.5 Å². The van der Waals surface area contributed by atoms with E-state index in [2.05, 4.69) is 10.6 Å². The fraction of sp³-hybridized carbons (Fsp3) is 0.227. The number of benzene rings is 2. The minimum absolute atomic E-state index is 0.000750. The Morgan fingerprint density at radius 1 is 0.889 bits per heavy atom. The number of amides is 2. The number of hydrogen-bond donors (Lipinski definition) is 2. The fourth-order valence-corrected chi connectivity index (χ4v) is 3.90. The van der Waals surface area contributed by atoms with Gasteiger partial charge in [-0.05, 0) is 30.0 Å². The lowest BCUT2D eigenvalue weighted by Crippen LogP contribution is -2.43. The average Bonchev–Trinajstić information content (AvgIpc) is 2.68. The lowest BCUT2D eigenvalue weighted by atomic mass is 9.75. The van der Waals surface area contributed by atoms with E-state index in [1.54, 1.807) is 12.1 Å². The molecule has 0 radical (unpaired) electrons. The molecule has 2 amide bonds. The molecule has 136 valence electrons. The van der Waals surface area contributed by atoms with Crippen LogP contribution in [0.15, 0.2) is 71.9 Å². The zero-order valence-electron chi connectivity index (χ0n) is 14.8. The van der Waals surface area contributed by atoms with Gasteiger partial charge >= 0.3 is 0 Å². The monoisotopic (exact) mass is 360 g/mol. The molecule has 5 heteroatoms. The summed E-state index contributed by atoms with van der Waals surface area (Å²) in [7, 11) is 0. The van der Waals surface area contributed by atoms with Crippen LogP contribution in [0, 0.1) is 5.92 Å². The molecule has 0 fully saturated rings. The van der Waals surface area contributed by atoms with Gasteiger partial charge in [0.1, 0.15) is 0 Å². The van der Waals surface area contributed by atoms with Crippen LogP contribution in [0.2, 0.25) is 0 Å². The van der Waals surface area contributed by atoms with E-state index >= 15 is 0 Å². The van der Waals surface area contributed by atoms with Gasteiger partial charge in [0, 0.05) is 29.8 Å². The van der Waals surface area contributed by atoms with Crippen LogP contribution in [0.1, 0.15) is 30.7 Å². The van der Waals surface area contributed by atoms with E-state index in [0.29, 0.717) is 29.8 Å². The summed E-state index contributed by atoms with van der Waals surface area (Å²) in [6, 6.07) is 18.9. The van der Waals surface area contributed by atoms with Crippen LogP contribution < -0.4 is 10.6 Å². The van der Waals surface area contributed by atoms with E-state index in [1.165, 1.54) is 0 Å². The van der Waals surface area contributed by atoms with Gasteiger partial charge in [0.05, 0.1) is 5.92 Å². The van der Waals surface area contributed by atoms with E-state index in [9.17, 15) is 14.4 Å². The van der Waals surface area contributed by atoms with E-state index < -0.39 is 5.92 Å². The first-order valence-corrected chi connectivity index (χ1v) is 9.09. The molecule has 0 spiro atoms. The molecular formula is C22H20N2O3. The third-order valence-corrected chi connectivity index (χ3v) is 5.16. The maximum absolute atomic E-state index is 12.9. The highest BCUT2D eigenvalue weighted by molar-refractivity contribution is 6.09. The number of carbonyl (C=O) groups excluding carboxylic acids is 3. The van der Waals surface area contributed by atoms with Gasteiger partial charge in [-0.2, -0.15) is 0 Å². The van der Waals surface area contributed by atoms with Crippen molar-refractivity contribution >= 4 is 23.3 Å². The Balaban J connectivity index is 1.61. The van der Waals surface area contributed by atoms with E-state index in [-0.39, 0.29) is 29.9 Å². The van der Waals surface area contributed by atoms with Gasteiger partial charge in [-0.25, -0.2) is 0 Å². The quantitative estimate of drug-likeness (QED) is 0.883. The van der Waals surface area contributed by atoms with Crippen molar-refractivity contribution < 1.29 is 14.4 Å². The van der Waals surface area contributed by atoms with Crippen LogP contribution >= 0.6 is 0 Å². The molecule has 0 saturated heterocycles. The number of carbonyl (C=O) groups is 3. The Kier molecular flexibility index (Phi) is 4.59. The predicted octanol–water partition coefficient (Wildman–Crippen LogP) is 3.16. The number of ketones is 1. The predicted molar refractivity (Wildman–Crippen MR) is 102 cm³/mol. The molecule has 1 heterocycles. The summed E-state index contributed by atoms with van der Waals surface area (Å²) >= 11 is 0. The molecular weight excluding hydrogens is 340 g/mol. The second-order valence-electron chi connectivity index (χ2n) is 6.99. The summed E-state index contributed by atoms with van der Waals surface area (Å²) in [5, 5.41) is 5.66. The molecule has 2 atom stereocenters. The first kappa shape index (κ1) is 17.2. The second-order valence-corrected chi connectivity index (χ2v) is 6.99. The van der Waals surface area contributed by atoms with Crippen molar-refractivity contribution in [3.8, 4) is 0 Å². The Labute approximate surface area is 157 Å². The van der Waals surface area contributed by atoms with Crippen LogP contribution in [0.5, 0.6) is 0 Å². The molecule has 27 heavy (non-hydrogen) atoms. The van der Waals surface area contributed by atoms with Crippen molar-refractivity contribution in [2.24, 2.45) is 5.92 Å². The van der Waals surface area contributed by atoms with Crippen LogP contribution in [0.4, 0.5) is 5.69 Å². The Bertz CT molecular complexity index is 919. The minimum atomic E-state index is -0.738. The molecule has 0 aromatic heterocycles. The van der Waals surface area contributed by atoms with Crippen molar-refractivity contribution in [2.45, 2.75) is 25.2 Å². The lowest BCUT2D eigenvalue weighted by molar-refractivity contribution is -0.129. The molecule has 2 aromatic rings. The summed E-state index contributed by atoms with van der Waals surface area (Å²) in [5.41, 5.74) is 2.79. The van der Waals surface area contributed by atoms with Crippen LogP contribution in [0.25, 0.3) is 0 Å².